The lowest BCUT2D eigenvalue weighted by Gasteiger charge is -2.09. The number of para-hydroxylation sites is 1. The molecule has 2 aromatic rings. The van der Waals surface area contributed by atoms with Crippen LogP contribution in [0.25, 0.3) is 0 Å². The molecule has 0 saturated carbocycles. The van der Waals surface area contributed by atoms with Crippen LogP contribution in [0.4, 0.5) is 0 Å². The Morgan fingerprint density at radius 2 is 1.96 bits per heavy atom. The van der Waals surface area contributed by atoms with Crippen LogP contribution in [0.2, 0.25) is 0 Å². The van der Waals surface area contributed by atoms with E-state index >= 15 is 0 Å². The minimum absolute atomic E-state index is 0.108. The van der Waals surface area contributed by atoms with E-state index in [0.717, 1.165) is 11.3 Å². The Bertz CT molecular complexity index is 684. The molecule has 6 nitrogen and oxygen atoms in total. The van der Waals surface area contributed by atoms with Crippen molar-refractivity contribution in [3.05, 3.63) is 52.4 Å². The molecule has 2 N–H and O–H groups in total. The van der Waals surface area contributed by atoms with E-state index in [2.05, 4.69) is 26.6 Å². The minimum Gasteiger partial charge on any atom is -0.496 e. The van der Waals surface area contributed by atoms with Gasteiger partial charge in [-0.25, -0.2) is 0 Å². The van der Waals surface area contributed by atoms with E-state index in [1.807, 2.05) is 24.3 Å². The average molecular weight is 381 g/mol. The van der Waals surface area contributed by atoms with E-state index in [4.69, 9.17) is 9.15 Å². The van der Waals surface area contributed by atoms with Gasteiger partial charge in [0.05, 0.1) is 13.7 Å². The molecule has 0 bridgehead atoms. The molecule has 0 aliphatic carbocycles. The van der Waals surface area contributed by atoms with Crippen LogP contribution in [0.1, 0.15) is 16.1 Å². The number of hydrogen-bond acceptors (Lipinski definition) is 4. The number of hydrogen-bond donors (Lipinski definition) is 2. The number of furan rings is 1. The van der Waals surface area contributed by atoms with Gasteiger partial charge in [0, 0.05) is 6.54 Å². The van der Waals surface area contributed by atoms with Crippen molar-refractivity contribution in [3.8, 4) is 5.75 Å². The Hall–Kier alpha value is -2.28. The van der Waals surface area contributed by atoms with Gasteiger partial charge < -0.3 is 19.8 Å². The van der Waals surface area contributed by atoms with Crippen LogP contribution in [0.5, 0.6) is 5.75 Å². The van der Waals surface area contributed by atoms with Crippen molar-refractivity contribution >= 4 is 27.7 Å². The Morgan fingerprint density at radius 1 is 1.17 bits per heavy atom. The van der Waals surface area contributed by atoms with Gasteiger partial charge in [-0.1, -0.05) is 18.2 Å². The molecule has 0 spiro atoms. The number of carbonyl (C=O) groups is 2. The van der Waals surface area contributed by atoms with Crippen LogP contribution in [-0.4, -0.2) is 32.0 Å². The van der Waals surface area contributed by atoms with E-state index < -0.39 is 5.91 Å². The molecule has 2 amide bonds. The number of ether oxygens (including phenoxy) is 1. The van der Waals surface area contributed by atoms with Gasteiger partial charge in [-0.2, -0.15) is 0 Å². The lowest BCUT2D eigenvalue weighted by Crippen LogP contribution is -2.37. The third-order valence-electron chi connectivity index (χ3n) is 3.12. The fourth-order valence-corrected chi connectivity index (χ4v) is 2.30. The number of rotatable bonds is 7. The van der Waals surface area contributed by atoms with Crippen LogP contribution in [0.3, 0.4) is 0 Å². The van der Waals surface area contributed by atoms with E-state index in [-0.39, 0.29) is 18.2 Å². The standard InChI is InChI=1S/C16H17BrN2O4/c1-22-12-5-3-2-4-11(12)8-9-18-15(20)10-19-16(21)13-6-7-14(17)23-13/h2-7H,8-10H2,1H3,(H,18,20)(H,19,21). The summed E-state index contributed by atoms with van der Waals surface area (Å²) in [6.07, 6.45) is 0.648. The third-order valence-corrected chi connectivity index (χ3v) is 3.54. The Morgan fingerprint density at radius 3 is 2.65 bits per heavy atom. The normalized spacial score (nSPS) is 10.2. The number of amides is 2. The third kappa shape index (κ3) is 5.14. The lowest BCUT2D eigenvalue weighted by molar-refractivity contribution is -0.120. The fraction of sp³-hybridized carbons (Fsp3) is 0.250. The number of halogens is 1. The minimum atomic E-state index is -0.435. The summed E-state index contributed by atoms with van der Waals surface area (Å²) in [5, 5.41) is 5.24. The topological polar surface area (TPSA) is 80.6 Å². The molecule has 0 atom stereocenters. The molecule has 0 aliphatic rings. The van der Waals surface area contributed by atoms with Crippen molar-refractivity contribution in [2.75, 3.05) is 20.2 Å². The van der Waals surface area contributed by atoms with Crippen molar-refractivity contribution in [1.29, 1.82) is 0 Å². The van der Waals surface area contributed by atoms with Crippen LogP contribution >= 0.6 is 15.9 Å². The maximum Gasteiger partial charge on any atom is 0.287 e. The van der Waals surface area contributed by atoms with Crippen molar-refractivity contribution in [2.45, 2.75) is 6.42 Å². The maximum absolute atomic E-state index is 11.7. The van der Waals surface area contributed by atoms with Gasteiger partial charge in [0.2, 0.25) is 5.91 Å². The first-order valence-corrected chi connectivity index (χ1v) is 7.81. The first-order chi connectivity index (χ1) is 11.1. The van der Waals surface area contributed by atoms with Crippen molar-refractivity contribution in [3.63, 3.8) is 0 Å². The molecule has 0 unspecified atom stereocenters. The SMILES string of the molecule is COc1ccccc1CCNC(=O)CNC(=O)c1ccc(Br)o1. The van der Waals surface area contributed by atoms with Gasteiger partial charge in [-0.3, -0.25) is 9.59 Å². The molecule has 2 rings (SSSR count). The number of benzene rings is 1. The highest BCUT2D eigenvalue weighted by atomic mass is 79.9. The predicted octanol–water partition coefficient (Wildman–Crippen LogP) is 2.14. The largest absolute Gasteiger partial charge is 0.496 e. The van der Waals surface area contributed by atoms with Gasteiger partial charge in [-0.15, -0.1) is 0 Å². The quantitative estimate of drug-likeness (QED) is 0.770. The van der Waals surface area contributed by atoms with Gasteiger partial charge in [0.15, 0.2) is 10.4 Å². The average Bonchev–Trinajstić information content (AvgIpc) is 2.99. The van der Waals surface area contributed by atoms with Crippen molar-refractivity contribution < 1.29 is 18.7 Å². The first kappa shape index (κ1) is 17.1. The van der Waals surface area contributed by atoms with E-state index in [9.17, 15) is 9.59 Å². The molecule has 0 fully saturated rings. The summed E-state index contributed by atoms with van der Waals surface area (Å²) in [6.45, 7) is 0.352. The van der Waals surface area contributed by atoms with Gasteiger partial charge in [0.25, 0.3) is 5.91 Å². The second-order valence-corrected chi connectivity index (χ2v) is 5.48. The van der Waals surface area contributed by atoms with Gasteiger partial charge in [-0.05, 0) is 46.1 Å². The predicted molar refractivity (Wildman–Crippen MR) is 88.4 cm³/mol. The molecule has 7 heteroatoms. The fourth-order valence-electron chi connectivity index (χ4n) is 1.99. The molecule has 0 saturated heterocycles. The zero-order valence-corrected chi connectivity index (χ0v) is 14.2. The molecular formula is C16H17BrN2O4. The highest BCUT2D eigenvalue weighted by molar-refractivity contribution is 9.10. The number of methoxy groups -OCH3 is 1. The van der Waals surface area contributed by atoms with E-state index in [1.54, 1.807) is 13.2 Å². The summed E-state index contributed by atoms with van der Waals surface area (Å²) >= 11 is 3.11. The van der Waals surface area contributed by atoms with Crippen molar-refractivity contribution in [2.24, 2.45) is 0 Å². The highest BCUT2D eigenvalue weighted by Gasteiger charge is 2.11. The van der Waals surface area contributed by atoms with Gasteiger partial charge >= 0.3 is 0 Å². The van der Waals surface area contributed by atoms with E-state index in [0.29, 0.717) is 17.6 Å². The lowest BCUT2D eigenvalue weighted by atomic mass is 10.1. The Balaban J connectivity index is 1.72. The maximum atomic E-state index is 11.7. The summed E-state index contributed by atoms with van der Waals surface area (Å²) in [7, 11) is 1.61. The summed E-state index contributed by atoms with van der Waals surface area (Å²) in [5.74, 6) is 0.242. The summed E-state index contributed by atoms with van der Waals surface area (Å²) in [4.78, 5) is 23.5. The summed E-state index contributed by atoms with van der Waals surface area (Å²) < 4.78 is 10.8. The molecule has 122 valence electrons. The molecule has 1 aromatic heterocycles. The number of nitrogens with one attached hydrogen (secondary N) is 2. The summed E-state index contributed by atoms with van der Waals surface area (Å²) in [5.41, 5.74) is 1.01. The molecule has 0 radical (unpaired) electrons. The van der Waals surface area contributed by atoms with Crippen LogP contribution in [0, 0.1) is 0 Å². The van der Waals surface area contributed by atoms with Gasteiger partial charge in [0.1, 0.15) is 5.75 Å². The highest BCUT2D eigenvalue weighted by Crippen LogP contribution is 2.17. The van der Waals surface area contributed by atoms with E-state index in [1.165, 1.54) is 6.07 Å². The van der Waals surface area contributed by atoms with Crippen LogP contribution < -0.4 is 15.4 Å². The molecule has 23 heavy (non-hydrogen) atoms. The second-order valence-electron chi connectivity index (χ2n) is 4.70. The number of carbonyl (C=O) groups excluding carboxylic acids is 2. The molecule has 1 heterocycles. The molecule has 1 aromatic carbocycles. The van der Waals surface area contributed by atoms with Crippen LogP contribution in [0.15, 0.2) is 45.5 Å². The zero-order chi connectivity index (χ0) is 16.7. The Kier molecular flexibility index (Phi) is 6.22. The smallest absolute Gasteiger partial charge is 0.287 e. The Labute approximate surface area is 142 Å². The zero-order valence-electron chi connectivity index (χ0n) is 12.6. The monoisotopic (exact) mass is 380 g/mol. The van der Waals surface area contributed by atoms with Crippen LogP contribution in [-0.2, 0) is 11.2 Å². The summed E-state index contributed by atoms with van der Waals surface area (Å²) in [6, 6.07) is 10.8. The molecule has 0 aliphatic heterocycles. The first-order valence-electron chi connectivity index (χ1n) is 7.02. The van der Waals surface area contributed by atoms with Crippen molar-refractivity contribution in [1.82, 2.24) is 10.6 Å². The molecular weight excluding hydrogens is 364 g/mol. The second kappa shape index (κ2) is 8.38.